The summed E-state index contributed by atoms with van der Waals surface area (Å²) in [6, 6.07) is 24.4. The van der Waals surface area contributed by atoms with Crippen molar-refractivity contribution in [2.75, 3.05) is 20.2 Å². The largest absolute Gasteiger partial charge is 0.497 e. The van der Waals surface area contributed by atoms with Crippen LogP contribution in [0.1, 0.15) is 28.8 Å². The summed E-state index contributed by atoms with van der Waals surface area (Å²) in [4.78, 5) is 20.1. The van der Waals surface area contributed by atoms with Crippen molar-refractivity contribution in [3.8, 4) is 16.3 Å². The summed E-state index contributed by atoms with van der Waals surface area (Å²) in [6.45, 7) is 2.97. The number of amides is 1. The van der Waals surface area contributed by atoms with Gasteiger partial charge in [0.15, 0.2) is 0 Å². The normalized spacial score (nSPS) is 14.9. The van der Waals surface area contributed by atoms with Gasteiger partial charge in [-0.25, -0.2) is 4.98 Å². The highest BCUT2D eigenvalue weighted by Gasteiger charge is 2.21. The summed E-state index contributed by atoms with van der Waals surface area (Å²) in [7, 11) is 1.66. The first-order valence-electron chi connectivity index (χ1n) is 11.3. The molecular weight excluding hydrogens is 430 g/mol. The van der Waals surface area contributed by atoms with E-state index in [1.54, 1.807) is 18.4 Å². The fourth-order valence-electron chi connectivity index (χ4n) is 4.27. The van der Waals surface area contributed by atoms with E-state index in [9.17, 15) is 4.79 Å². The molecule has 0 unspecified atom stereocenters. The zero-order valence-electron chi connectivity index (χ0n) is 18.7. The Morgan fingerprint density at radius 3 is 2.55 bits per heavy atom. The molecule has 0 aliphatic carbocycles. The molecule has 0 atom stereocenters. The van der Waals surface area contributed by atoms with Crippen LogP contribution >= 0.6 is 11.3 Å². The third-order valence-corrected chi connectivity index (χ3v) is 7.23. The Balaban J connectivity index is 1.21. The number of rotatable bonds is 6. The van der Waals surface area contributed by atoms with Crippen LogP contribution < -0.4 is 10.1 Å². The Labute approximate surface area is 198 Å². The predicted octanol–water partition coefficient (Wildman–Crippen LogP) is 5.37. The minimum atomic E-state index is -0.00203. The Morgan fingerprint density at radius 2 is 1.82 bits per heavy atom. The van der Waals surface area contributed by atoms with E-state index in [0.717, 1.165) is 59.0 Å². The first kappa shape index (κ1) is 21.6. The average Bonchev–Trinajstić information content (AvgIpc) is 3.29. The number of methoxy groups -OCH3 is 1. The van der Waals surface area contributed by atoms with Crippen molar-refractivity contribution < 1.29 is 9.53 Å². The molecule has 1 N–H and O–H groups in total. The van der Waals surface area contributed by atoms with E-state index >= 15 is 0 Å². The number of ether oxygens (including phenoxy) is 1. The fraction of sp³-hybridized carbons (Fsp3) is 0.259. The van der Waals surface area contributed by atoms with Gasteiger partial charge in [0.05, 0.1) is 17.3 Å². The van der Waals surface area contributed by atoms with E-state index < -0.39 is 0 Å². The van der Waals surface area contributed by atoms with Gasteiger partial charge in [0, 0.05) is 36.8 Å². The first-order valence-corrected chi connectivity index (χ1v) is 12.1. The number of fused-ring (bicyclic) bond motifs is 1. The van der Waals surface area contributed by atoms with Crippen molar-refractivity contribution in [1.29, 1.82) is 0 Å². The van der Waals surface area contributed by atoms with Crippen LogP contribution in [-0.2, 0) is 6.54 Å². The standard InChI is InChI=1S/C27H27N3O2S/c1-32-23-10-7-20(8-11-23)27-29-24-12-9-21(17-25(24)33-27)26(31)28-22-13-15-30(16-14-22)18-19-5-3-2-4-6-19/h2-12,17,22H,13-16,18H2,1H3,(H,28,31). The van der Waals surface area contributed by atoms with Crippen LogP contribution in [0.25, 0.3) is 20.8 Å². The monoisotopic (exact) mass is 457 g/mol. The smallest absolute Gasteiger partial charge is 0.251 e. The number of thiazole rings is 1. The number of aromatic nitrogens is 1. The summed E-state index contributed by atoms with van der Waals surface area (Å²) >= 11 is 1.60. The topological polar surface area (TPSA) is 54.5 Å². The van der Waals surface area contributed by atoms with Crippen LogP contribution in [0.5, 0.6) is 5.75 Å². The van der Waals surface area contributed by atoms with Crippen LogP contribution in [0, 0.1) is 0 Å². The molecule has 0 spiro atoms. The van der Waals surface area contributed by atoms with Crippen LogP contribution in [0.4, 0.5) is 0 Å². The molecule has 1 saturated heterocycles. The number of benzene rings is 3. The summed E-state index contributed by atoms with van der Waals surface area (Å²) < 4.78 is 6.26. The van der Waals surface area contributed by atoms with Crippen LogP contribution in [0.15, 0.2) is 72.8 Å². The predicted molar refractivity (Wildman–Crippen MR) is 134 cm³/mol. The maximum Gasteiger partial charge on any atom is 0.251 e. The summed E-state index contributed by atoms with van der Waals surface area (Å²) in [5.41, 5.74) is 3.99. The lowest BCUT2D eigenvalue weighted by Crippen LogP contribution is -2.44. The zero-order chi connectivity index (χ0) is 22.6. The van der Waals surface area contributed by atoms with Gasteiger partial charge in [-0.15, -0.1) is 11.3 Å². The van der Waals surface area contributed by atoms with Crippen molar-refractivity contribution in [3.63, 3.8) is 0 Å². The van der Waals surface area contributed by atoms with Gasteiger partial charge >= 0.3 is 0 Å². The summed E-state index contributed by atoms with van der Waals surface area (Å²) in [5.74, 6) is 0.822. The lowest BCUT2D eigenvalue weighted by molar-refractivity contribution is 0.0909. The maximum atomic E-state index is 12.9. The minimum absolute atomic E-state index is 0.00203. The van der Waals surface area contributed by atoms with Crippen molar-refractivity contribution >= 4 is 27.5 Å². The Morgan fingerprint density at radius 1 is 1.06 bits per heavy atom. The maximum absolute atomic E-state index is 12.9. The molecule has 6 heteroatoms. The van der Waals surface area contributed by atoms with Gasteiger partial charge in [-0.2, -0.15) is 0 Å². The first-order chi connectivity index (χ1) is 16.2. The molecule has 4 aromatic rings. The molecule has 5 nitrogen and oxygen atoms in total. The lowest BCUT2D eigenvalue weighted by atomic mass is 10.0. The molecule has 0 bridgehead atoms. The summed E-state index contributed by atoms with van der Waals surface area (Å²) in [6.07, 6.45) is 1.95. The number of nitrogens with zero attached hydrogens (tertiary/aromatic N) is 2. The van der Waals surface area contributed by atoms with Crippen molar-refractivity contribution in [2.24, 2.45) is 0 Å². The van der Waals surface area contributed by atoms with Gasteiger partial charge in [0.2, 0.25) is 0 Å². The second-order valence-corrected chi connectivity index (χ2v) is 9.47. The molecule has 33 heavy (non-hydrogen) atoms. The third kappa shape index (κ3) is 5.07. The minimum Gasteiger partial charge on any atom is -0.497 e. The highest BCUT2D eigenvalue weighted by molar-refractivity contribution is 7.21. The second kappa shape index (κ2) is 9.73. The van der Waals surface area contributed by atoms with E-state index in [4.69, 9.17) is 9.72 Å². The van der Waals surface area contributed by atoms with Gasteiger partial charge in [-0.1, -0.05) is 30.3 Å². The molecule has 1 aliphatic rings. The van der Waals surface area contributed by atoms with Crippen molar-refractivity contribution in [2.45, 2.75) is 25.4 Å². The average molecular weight is 458 g/mol. The lowest BCUT2D eigenvalue weighted by Gasteiger charge is -2.32. The molecule has 1 aliphatic heterocycles. The zero-order valence-corrected chi connectivity index (χ0v) is 19.5. The molecule has 0 radical (unpaired) electrons. The summed E-state index contributed by atoms with van der Waals surface area (Å²) in [5, 5.41) is 4.18. The van der Waals surface area contributed by atoms with Gasteiger partial charge < -0.3 is 10.1 Å². The fourth-order valence-corrected chi connectivity index (χ4v) is 5.28. The quantitative estimate of drug-likeness (QED) is 0.423. The molecule has 5 rings (SSSR count). The van der Waals surface area contributed by atoms with Gasteiger partial charge in [0.25, 0.3) is 5.91 Å². The molecule has 1 amide bonds. The molecule has 1 fully saturated rings. The Bertz CT molecular complexity index is 1230. The number of likely N-dealkylation sites (tertiary alicyclic amines) is 1. The number of hydrogen-bond acceptors (Lipinski definition) is 5. The van der Waals surface area contributed by atoms with Gasteiger partial charge in [-0.05, 0) is 60.9 Å². The number of carbonyl (C=O) groups excluding carboxylic acids is 1. The van der Waals surface area contributed by atoms with E-state index in [1.807, 2.05) is 42.5 Å². The van der Waals surface area contributed by atoms with Crippen LogP contribution in [0.3, 0.4) is 0 Å². The highest BCUT2D eigenvalue weighted by atomic mass is 32.1. The molecule has 1 aromatic heterocycles. The van der Waals surface area contributed by atoms with Gasteiger partial charge in [0.1, 0.15) is 10.8 Å². The van der Waals surface area contributed by atoms with Crippen LogP contribution in [0.2, 0.25) is 0 Å². The van der Waals surface area contributed by atoms with E-state index in [-0.39, 0.29) is 11.9 Å². The van der Waals surface area contributed by atoms with E-state index in [2.05, 4.69) is 40.5 Å². The Kier molecular flexibility index (Phi) is 6.37. The number of carbonyl (C=O) groups is 1. The van der Waals surface area contributed by atoms with E-state index in [1.165, 1.54) is 5.56 Å². The molecule has 168 valence electrons. The third-order valence-electron chi connectivity index (χ3n) is 6.16. The van der Waals surface area contributed by atoms with E-state index in [0.29, 0.717) is 5.56 Å². The van der Waals surface area contributed by atoms with Crippen LogP contribution in [-0.4, -0.2) is 42.0 Å². The number of hydrogen-bond donors (Lipinski definition) is 1. The molecule has 0 saturated carbocycles. The molecule has 3 aromatic carbocycles. The highest BCUT2D eigenvalue weighted by Crippen LogP contribution is 2.31. The second-order valence-electron chi connectivity index (χ2n) is 8.44. The SMILES string of the molecule is COc1ccc(-c2nc3ccc(C(=O)NC4CCN(Cc5ccccc5)CC4)cc3s2)cc1. The van der Waals surface area contributed by atoms with Crippen molar-refractivity contribution in [1.82, 2.24) is 15.2 Å². The number of nitrogens with one attached hydrogen (secondary N) is 1. The molecule has 2 heterocycles. The number of piperidine rings is 1. The van der Waals surface area contributed by atoms with Crippen molar-refractivity contribution in [3.05, 3.63) is 83.9 Å². The van der Waals surface area contributed by atoms with Gasteiger partial charge in [-0.3, -0.25) is 9.69 Å². The Hall–Kier alpha value is -3.22. The molecular formula is C27H27N3O2S.